The summed E-state index contributed by atoms with van der Waals surface area (Å²) in [5, 5.41) is 26.4. The molecule has 124 valence electrons. The number of benzene rings is 2. The summed E-state index contributed by atoms with van der Waals surface area (Å²) in [4.78, 5) is 22.5. The molecular weight excluding hydrogens is 310 g/mol. The summed E-state index contributed by atoms with van der Waals surface area (Å²) in [5.41, 5.74) is 2.84. The number of hydrogen-bond acceptors (Lipinski definition) is 4. The average Bonchev–Trinajstić information content (AvgIpc) is 2.83. The molecule has 0 radical (unpaired) electrons. The van der Waals surface area contributed by atoms with Gasteiger partial charge in [0.2, 0.25) is 0 Å². The summed E-state index contributed by atoms with van der Waals surface area (Å²) in [6.07, 6.45) is -0.177. The van der Waals surface area contributed by atoms with Gasteiger partial charge in [-0.1, -0.05) is 24.3 Å². The van der Waals surface area contributed by atoms with Crippen LogP contribution in [0.25, 0.3) is 0 Å². The van der Waals surface area contributed by atoms with E-state index in [9.17, 15) is 20.0 Å². The Kier molecular flexibility index (Phi) is 4.18. The van der Waals surface area contributed by atoms with Gasteiger partial charge in [-0.3, -0.25) is 10.1 Å². The Hall–Kier alpha value is -2.93. The molecular formula is C17H17N3O4. The fraction of sp³-hybridized carbons (Fsp3) is 0.235. The maximum atomic E-state index is 12.2. The van der Waals surface area contributed by atoms with E-state index in [0.717, 1.165) is 11.1 Å². The quantitative estimate of drug-likeness (QED) is 0.595. The molecule has 7 heteroatoms. The molecule has 1 aliphatic rings. The molecule has 2 atom stereocenters. The van der Waals surface area contributed by atoms with Crippen LogP contribution in [0.15, 0.2) is 42.5 Å². The highest BCUT2D eigenvalue weighted by Gasteiger charge is 2.31. The Bertz CT molecular complexity index is 806. The lowest BCUT2D eigenvalue weighted by atomic mass is 10.1. The van der Waals surface area contributed by atoms with Crippen molar-refractivity contribution in [2.24, 2.45) is 0 Å². The number of anilines is 1. The van der Waals surface area contributed by atoms with E-state index in [1.165, 1.54) is 18.2 Å². The summed E-state index contributed by atoms with van der Waals surface area (Å²) >= 11 is 0. The number of carbonyl (C=O) groups excluding carboxylic acids is 1. The number of nitrogens with zero attached hydrogens (tertiary/aromatic N) is 1. The lowest BCUT2D eigenvalue weighted by molar-refractivity contribution is -0.385. The van der Waals surface area contributed by atoms with Gasteiger partial charge in [0.25, 0.3) is 5.69 Å². The van der Waals surface area contributed by atoms with Crippen molar-refractivity contribution in [1.29, 1.82) is 0 Å². The number of fused-ring (bicyclic) bond motifs is 1. The fourth-order valence-corrected chi connectivity index (χ4v) is 2.99. The molecule has 7 nitrogen and oxygen atoms in total. The van der Waals surface area contributed by atoms with Crippen molar-refractivity contribution in [3.63, 3.8) is 0 Å². The number of aliphatic hydroxyl groups excluding tert-OH is 1. The second-order valence-electron chi connectivity index (χ2n) is 5.80. The molecule has 0 saturated carbocycles. The normalized spacial score (nSPS) is 18.8. The molecule has 0 saturated heterocycles. The summed E-state index contributed by atoms with van der Waals surface area (Å²) < 4.78 is 0. The predicted molar refractivity (Wildman–Crippen MR) is 88.9 cm³/mol. The van der Waals surface area contributed by atoms with E-state index >= 15 is 0 Å². The van der Waals surface area contributed by atoms with Crippen molar-refractivity contribution in [2.75, 3.05) is 5.32 Å². The first-order valence-corrected chi connectivity index (χ1v) is 7.54. The van der Waals surface area contributed by atoms with Crippen LogP contribution < -0.4 is 10.6 Å². The number of nitro groups is 1. The highest BCUT2D eigenvalue weighted by molar-refractivity contribution is 5.90. The van der Waals surface area contributed by atoms with Crippen LogP contribution in [0.2, 0.25) is 0 Å². The fourth-order valence-electron chi connectivity index (χ4n) is 2.99. The van der Waals surface area contributed by atoms with Gasteiger partial charge in [-0.25, -0.2) is 4.79 Å². The molecule has 0 aliphatic heterocycles. The molecule has 0 spiro atoms. The zero-order chi connectivity index (χ0) is 17.3. The zero-order valence-electron chi connectivity index (χ0n) is 13.0. The van der Waals surface area contributed by atoms with Crippen molar-refractivity contribution in [1.82, 2.24) is 5.32 Å². The van der Waals surface area contributed by atoms with Gasteiger partial charge >= 0.3 is 6.03 Å². The first-order valence-electron chi connectivity index (χ1n) is 7.54. The van der Waals surface area contributed by atoms with Crippen molar-refractivity contribution in [3.8, 4) is 0 Å². The van der Waals surface area contributed by atoms with Crippen LogP contribution in [0.4, 0.5) is 16.2 Å². The maximum absolute atomic E-state index is 12.2. The maximum Gasteiger partial charge on any atom is 0.319 e. The van der Waals surface area contributed by atoms with Gasteiger partial charge in [0.1, 0.15) is 0 Å². The first kappa shape index (κ1) is 15.9. The monoisotopic (exact) mass is 327 g/mol. The zero-order valence-corrected chi connectivity index (χ0v) is 13.0. The Morgan fingerprint density at radius 1 is 1.29 bits per heavy atom. The van der Waals surface area contributed by atoms with E-state index < -0.39 is 23.1 Å². The van der Waals surface area contributed by atoms with Gasteiger partial charge < -0.3 is 15.7 Å². The number of carbonyl (C=O) groups is 1. The molecule has 3 rings (SSSR count). The second-order valence-corrected chi connectivity index (χ2v) is 5.80. The molecule has 0 aromatic heterocycles. The molecule has 3 N–H and O–H groups in total. The van der Waals surface area contributed by atoms with Gasteiger partial charge in [-0.05, 0) is 30.2 Å². The van der Waals surface area contributed by atoms with Gasteiger partial charge in [0, 0.05) is 23.7 Å². The van der Waals surface area contributed by atoms with Crippen LogP contribution in [0, 0.1) is 17.0 Å². The van der Waals surface area contributed by atoms with Crippen LogP contribution in [0.3, 0.4) is 0 Å². The average molecular weight is 327 g/mol. The molecule has 0 fully saturated rings. The number of nitrogens with one attached hydrogen (secondary N) is 2. The molecule has 24 heavy (non-hydrogen) atoms. The minimum Gasteiger partial charge on any atom is -0.390 e. The van der Waals surface area contributed by atoms with Gasteiger partial charge in [-0.15, -0.1) is 0 Å². The Balaban J connectivity index is 1.70. The minimum atomic E-state index is -0.674. The minimum absolute atomic E-state index is 0.00102. The van der Waals surface area contributed by atoms with Crippen molar-refractivity contribution < 1.29 is 14.8 Å². The highest BCUT2D eigenvalue weighted by Crippen LogP contribution is 2.31. The van der Waals surface area contributed by atoms with E-state index in [1.807, 2.05) is 24.3 Å². The third-order valence-corrected chi connectivity index (χ3v) is 4.14. The molecule has 1 aliphatic carbocycles. The number of aryl methyl sites for hydroxylation is 1. The topological polar surface area (TPSA) is 104 Å². The highest BCUT2D eigenvalue weighted by atomic mass is 16.6. The van der Waals surface area contributed by atoms with E-state index in [-0.39, 0.29) is 5.69 Å². The molecule has 0 unspecified atom stereocenters. The van der Waals surface area contributed by atoms with E-state index in [0.29, 0.717) is 17.7 Å². The largest absolute Gasteiger partial charge is 0.390 e. The van der Waals surface area contributed by atoms with E-state index in [2.05, 4.69) is 10.6 Å². The SMILES string of the molecule is Cc1cc(NC(=O)N[C@H]2c3ccccc3C[C@@H]2O)ccc1[N+](=O)[O-]. The summed E-state index contributed by atoms with van der Waals surface area (Å²) in [7, 11) is 0. The number of nitro benzene ring substituents is 1. The van der Waals surface area contributed by atoms with Gasteiger partial charge in [-0.2, -0.15) is 0 Å². The number of urea groups is 1. The van der Waals surface area contributed by atoms with Gasteiger partial charge in [0.15, 0.2) is 0 Å². The first-order chi connectivity index (χ1) is 11.5. The van der Waals surface area contributed by atoms with Crippen LogP contribution in [0.5, 0.6) is 0 Å². The number of hydrogen-bond donors (Lipinski definition) is 3. The Labute approximate surface area is 138 Å². The van der Waals surface area contributed by atoms with Crippen LogP contribution >= 0.6 is 0 Å². The van der Waals surface area contributed by atoms with Gasteiger partial charge in [0.05, 0.1) is 17.1 Å². The van der Waals surface area contributed by atoms with Crippen molar-refractivity contribution >= 4 is 17.4 Å². The van der Waals surface area contributed by atoms with Crippen molar-refractivity contribution in [2.45, 2.75) is 25.5 Å². The molecule has 2 aromatic carbocycles. The van der Waals surface area contributed by atoms with Crippen molar-refractivity contribution in [3.05, 3.63) is 69.3 Å². The molecule has 2 amide bonds. The van der Waals surface area contributed by atoms with Crippen LogP contribution in [0.1, 0.15) is 22.7 Å². The molecule has 0 heterocycles. The number of aliphatic hydroxyl groups is 1. The third-order valence-electron chi connectivity index (χ3n) is 4.14. The number of amides is 2. The van der Waals surface area contributed by atoms with E-state index in [1.54, 1.807) is 6.92 Å². The third kappa shape index (κ3) is 3.07. The lowest BCUT2D eigenvalue weighted by Crippen LogP contribution is -2.36. The summed E-state index contributed by atoms with van der Waals surface area (Å²) in [6.45, 7) is 1.61. The summed E-state index contributed by atoms with van der Waals surface area (Å²) in [6, 6.07) is 11.0. The standard InChI is InChI=1S/C17H17N3O4/c1-10-8-12(6-7-14(10)20(23)24)18-17(22)19-16-13-5-3-2-4-11(13)9-15(16)21/h2-8,15-16,21H,9H2,1H3,(H2,18,19,22)/t15-,16-/m0/s1. The van der Waals surface area contributed by atoms with Crippen LogP contribution in [-0.2, 0) is 6.42 Å². The lowest BCUT2D eigenvalue weighted by Gasteiger charge is -2.18. The van der Waals surface area contributed by atoms with E-state index in [4.69, 9.17) is 0 Å². The second kappa shape index (κ2) is 6.29. The Morgan fingerprint density at radius 3 is 2.75 bits per heavy atom. The number of rotatable bonds is 3. The summed E-state index contributed by atoms with van der Waals surface area (Å²) in [5.74, 6) is 0. The molecule has 0 bridgehead atoms. The Morgan fingerprint density at radius 2 is 2.04 bits per heavy atom. The predicted octanol–water partition coefficient (Wildman–Crippen LogP) is 2.68. The van der Waals surface area contributed by atoms with Crippen LogP contribution in [-0.4, -0.2) is 22.2 Å². The molecule has 2 aromatic rings. The smallest absolute Gasteiger partial charge is 0.319 e.